The molecule has 6 heteroatoms. The van der Waals surface area contributed by atoms with Crippen LogP contribution in [0.15, 0.2) is 12.4 Å². The number of nitrogens with zero attached hydrogens (tertiary/aromatic N) is 2. The predicted molar refractivity (Wildman–Crippen MR) is 75.8 cm³/mol. The van der Waals surface area contributed by atoms with E-state index in [1.807, 2.05) is 4.90 Å². The Balaban J connectivity index is 1.75. The second-order valence-electron chi connectivity index (χ2n) is 4.54. The van der Waals surface area contributed by atoms with Crippen LogP contribution in [0.5, 0.6) is 0 Å². The van der Waals surface area contributed by atoms with Gasteiger partial charge in [0.2, 0.25) is 5.91 Å². The minimum atomic E-state index is 0.0399. The summed E-state index contributed by atoms with van der Waals surface area (Å²) in [4.78, 5) is 21.1. The molecule has 2 heterocycles. The van der Waals surface area contributed by atoms with E-state index in [-0.39, 0.29) is 11.3 Å². The van der Waals surface area contributed by atoms with E-state index in [0.29, 0.717) is 5.75 Å². The van der Waals surface area contributed by atoms with Crippen LogP contribution in [0.25, 0.3) is 0 Å². The third-order valence-corrected chi connectivity index (χ3v) is 4.26. The molecule has 1 aliphatic rings. The fraction of sp³-hybridized carbons (Fsp3) is 0.692. The van der Waals surface area contributed by atoms with Crippen LogP contribution in [0, 0.1) is 0 Å². The highest BCUT2D eigenvalue weighted by molar-refractivity contribution is 8.00. The number of nitrogens with one attached hydrogen (secondary N) is 1. The number of imidazole rings is 1. The number of ether oxygens (including phenoxy) is 1. The number of hydrogen-bond acceptors (Lipinski definition) is 4. The lowest BCUT2D eigenvalue weighted by Crippen LogP contribution is -2.30. The molecule has 1 amide bonds. The van der Waals surface area contributed by atoms with E-state index >= 15 is 0 Å². The number of thioether (sulfide) groups is 1. The molecule has 1 N–H and O–H groups in total. The first-order valence-corrected chi connectivity index (χ1v) is 7.86. The van der Waals surface area contributed by atoms with Crippen molar-refractivity contribution >= 4 is 17.7 Å². The van der Waals surface area contributed by atoms with Crippen molar-refractivity contribution in [2.75, 3.05) is 25.5 Å². The summed E-state index contributed by atoms with van der Waals surface area (Å²) in [6.07, 6.45) is 6.66. The monoisotopic (exact) mass is 283 g/mol. The van der Waals surface area contributed by atoms with Crippen LogP contribution in [0.3, 0.4) is 0 Å². The molecule has 1 aromatic heterocycles. The largest absolute Gasteiger partial charge is 0.381 e. The summed E-state index contributed by atoms with van der Waals surface area (Å²) in [5, 5.41) is 0.0399. The second-order valence-corrected chi connectivity index (χ2v) is 5.61. The predicted octanol–water partition coefficient (Wildman–Crippen LogP) is 2.19. The van der Waals surface area contributed by atoms with Crippen LogP contribution < -0.4 is 0 Å². The summed E-state index contributed by atoms with van der Waals surface area (Å²) in [5.41, 5.74) is 0. The van der Waals surface area contributed by atoms with Gasteiger partial charge >= 0.3 is 0 Å². The molecule has 0 aromatic carbocycles. The van der Waals surface area contributed by atoms with Crippen molar-refractivity contribution in [3.63, 3.8) is 0 Å². The van der Waals surface area contributed by atoms with Gasteiger partial charge in [-0.15, -0.1) is 11.8 Å². The summed E-state index contributed by atoms with van der Waals surface area (Å²) >= 11 is 1.63. The summed E-state index contributed by atoms with van der Waals surface area (Å²) in [7, 11) is 0. The van der Waals surface area contributed by atoms with Gasteiger partial charge in [0.15, 0.2) is 0 Å². The first-order valence-electron chi connectivity index (χ1n) is 6.81. The van der Waals surface area contributed by atoms with Gasteiger partial charge in [-0.1, -0.05) is 13.3 Å². The number of hydrogen-bond donors (Lipinski definition) is 1. The highest BCUT2D eigenvalue weighted by Gasteiger charge is 2.33. The van der Waals surface area contributed by atoms with E-state index in [1.165, 1.54) is 0 Å². The number of carbonyl (C=O) groups excluding carboxylic acids is 1. The van der Waals surface area contributed by atoms with Crippen molar-refractivity contribution in [2.24, 2.45) is 0 Å². The molecular formula is C13H21N3O2S. The quantitative estimate of drug-likeness (QED) is 0.743. The average molecular weight is 283 g/mol. The molecular weight excluding hydrogens is 262 g/mol. The lowest BCUT2D eigenvalue weighted by atomic mass is 10.3. The highest BCUT2D eigenvalue weighted by Crippen LogP contribution is 2.36. The Morgan fingerprint density at radius 2 is 2.37 bits per heavy atom. The number of aromatic nitrogens is 2. The third-order valence-electron chi connectivity index (χ3n) is 3.05. The first kappa shape index (κ1) is 14.4. The van der Waals surface area contributed by atoms with Crippen molar-refractivity contribution in [1.29, 1.82) is 0 Å². The topological polar surface area (TPSA) is 58.2 Å². The van der Waals surface area contributed by atoms with E-state index in [4.69, 9.17) is 4.74 Å². The van der Waals surface area contributed by atoms with E-state index in [9.17, 15) is 4.79 Å². The van der Waals surface area contributed by atoms with Crippen LogP contribution in [-0.2, 0) is 9.53 Å². The SMILES string of the molecule is CCCCOCCCN1C(=O)CSC1c1ncc[nH]1. The molecule has 2 rings (SSSR count). The fourth-order valence-electron chi connectivity index (χ4n) is 2.02. The smallest absolute Gasteiger partial charge is 0.233 e. The number of H-pyrrole nitrogens is 1. The Bertz CT molecular complexity index is 383. The van der Waals surface area contributed by atoms with Gasteiger partial charge in [-0.2, -0.15) is 0 Å². The van der Waals surface area contributed by atoms with E-state index < -0.39 is 0 Å². The lowest BCUT2D eigenvalue weighted by molar-refractivity contribution is -0.128. The molecule has 0 aliphatic carbocycles. The average Bonchev–Trinajstić information content (AvgIpc) is 3.04. The fourth-order valence-corrected chi connectivity index (χ4v) is 3.18. The van der Waals surface area contributed by atoms with Crippen molar-refractivity contribution in [3.05, 3.63) is 18.2 Å². The molecule has 1 aliphatic heterocycles. The van der Waals surface area contributed by atoms with Crippen molar-refractivity contribution in [1.82, 2.24) is 14.9 Å². The summed E-state index contributed by atoms with van der Waals surface area (Å²) < 4.78 is 5.53. The Labute approximate surface area is 118 Å². The minimum Gasteiger partial charge on any atom is -0.381 e. The Kier molecular flexibility index (Phi) is 5.72. The van der Waals surface area contributed by atoms with Crippen molar-refractivity contribution in [2.45, 2.75) is 31.6 Å². The zero-order valence-electron chi connectivity index (χ0n) is 11.3. The van der Waals surface area contributed by atoms with Crippen LogP contribution in [0.2, 0.25) is 0 Å². The van der Waals surface area contributed by atoms with Crippen molar-refractivity contribution < 1.29 is 9.53 Å². The van der Waals surface area contributed by atoms with Crippen molar-refractivity contribution in [3.8, 4) is 0 Å². The maximum atomic E-state index is 11.9. The normalized spacial score (nSPS) is 19.3. The standard InChI is InChI=1S/C13H21N3O2S/c1-2-3-8-18-9-4-7-16-11(17)10-19-13(16)12-14-5-6-15-12/h5-6,13H,2-4,7-10H2,1H3,(H,14,15). The van der Waals surface area contributed by atoms with Gasteiger partial charge in [0, 0.05) is 32.2 Å². The van der Waals surface area contributed by atoms with Gasteiger partial charge in [-0.05, 0) is 12.8 Å². The Hall–Kier alpha value is -1.01. The van der Waals surface area contributed by atoms with Gasteiger partial charge in [0.05, 0.1) is 5.75 Å². The van der Waals surface area contributed by atoms with E-state index in [0.717, 1.165) is 44.8 Å². The third kappa shape index (κ3) is 3.98. The molecule has 1 unspecified atom stereocenters. The Morgan fingerprint density at radius 3 is 3.11 bits per heavy atom. The van der Waals surface area contributed by atoms with E-state index in [2.05, 4.69) is 16.9 Å². The number of amides is 1. The maximum absolute atomic E-state index is 11.9. The van der Waals surface area contributed by atoms with Gasteiger partial charge in [-0.25, -0.2) is 4.98 Å². The first-order chi connectivity index (χ1) is 9.33. The molecule has 1 saturated heterocycles. The lowest BCUT2D eigenvalue weighted by Gasteiger charge is -2.22. The molecule has 106 valence electrons. The Morgan fingerprint density at radius 1 is 1.53 bits per heavy atom. The van der Waals surface area contributed by atoms with Gasteiger partial charge in [-0.3, -0.25) is 4.79 Å². The van der Waals surface area contributed by atoms with Crippen LogP contribution in [0.4, 0.5) is 0 Å². The number of carbonyl (C=O) groups is 1. The maximum Gasteiger partial charge on any atom is 0.233 e. The minimum absolute atomic E-state index is 0.0399. The summed E-state index contributed by atoms with van der Waals surface area (Å²) in [5.74, 6) is 1.60. The number of unbranched alkanes of at least 4 members (excludes halogenated alkanes) is 1. The molecule has 19 heavy (non-hydrogen) atoms. The zero-order chi connectivity index (χ0) is 13.5. The molecule has 1 aromatic rings. The van der Waals surface area contributed by atoms with Gasteiger partial charge < -0.3 is 14.6 Å². The molecule has 0 radical (unpaired) electrons. The van der Waals surface area contributed by atoms with Crippen LogP contribution in [0.1, 0.15) is 37.4 Å². The molecule has 1 fully saturated rings. The molecule has 1 atom stereocenters. The zero-order valence-corrected chi connectivity index (χ0v) is 12.1. The van der Waals surface area contributed by atoms with E-state index in [1.54, 1.807) is 24.2 Å². The highest BCUT2D eigenvalue weighted by atomic mass is 32.2. The number of rotatable bonds is 8. The molecule has 5 nitrogen and oxygen atoms in total. The van der Waals surface area contributed by atoms with Crippen LogP contribution in [-0.4, -0.2) is 46.3 Å². The summed E-state index contributed by atoms with van der Waals surface area (Å²) in [6.45, 7) is 4.43. The second kappa shape index (κ2) is 7.55. The van der Waals surface area contributed by atoms with Gasteiger partial charge in [0.1, 0.15) is 11.2 Å². The molecule has 0 bridgehead atoms. The molecule has 0 spiro atoms. The molecule has 0 saturated carbocycles. The van der Waals surface area contributed by atoms with Gasteiger partial charge in [0.25, 0.3) is 0 Å². The van der Waals surface area contributed by atoms with Crippen LogP contribution >= 0.6 is 11.8 Å². The summed E-state index contributed by atoms with van der Waals surface area (Å²) in [6, 6.07) is 0. The number of aromatic amines is 1.